The maximum Gasteiger partial charge on any atom is 0.211 e. The molecule has 1 aliphatic heterocycles. The summed E-state index contributed by atoms with van der Waals surface area (Å²) in [5, 5.41) is 10.8. The molecular weight excluding hydrogens is 1030 g/mol. The van der Waals surface area contributed by atoms with Crippen molar-refractivity contribution >= 4 is 104 Å². The lowest BCUT2D eigenvalue weighted by Crippen LogP contribution is -2.35. The van der Waals surface area contributed by atoms with Gasteiger partial charge in [0.2, 0.25) is 7.28 Å². The number of fused-ring (bicyclic) bond motifs is 13. The van der Waals surface area contributed by atoms with Crippen LogP contribution in [0.4, 0.5) is 11.4 Å². The van der Waals surface area contributed by atoms with E-state index >= 15 is 0 Å². The van der Waals surface area contributed by atoms with Crippen LogP contribution in [0.25, 0.3) is 80.0 Å². The largest absolute Gasteiger partial charge is 0.355 e. The summed E-state index contributed by atoms with van der Waals surface area (Å²) in [5.74, 6) is 0.208. The van der Waals surface area contributed by atoms with Crippen molar-refractivity contribution in [3.05, 3.63) is 220 Å². The third kappa shape index (κ3) is 8.62. The number of benzene rings is 9. The molecule has 5 heteroatoms. The van der Waals surface area contributed by atoms with E-state index in [0.717, 1.165) is 25.1 Å². The van der Waals surface area contributed by atoms with Crippen LogP contribution < -0.4 is 15.6 Å². The van der Waals surface area contributed by atoms with Crippen molar-refractivity contribution in [2.75, 3.05) is 5.32 Å². The Bertz CT molecular complexity index is 4510. The van der Waals surface area contributed by atoms with Gasteiger partial charge < -0.3 is 9.88 Å². The van der Waals surface area contributed by atoms with Crippen molar-refractivity contribution < 1.29 is 0 Å². The van der Waals surface area contributed by atoms with Crippen molar-refractivity contribution in [3.63, 3.8) is 0 Å². The normalized spacial score (nSPS) is 14.1. The summed E-state index contributed by atoms with van der Waals surface area (Å²) in [6.45, 7) is 32.7. The quantitative estimate of drug-likeness (QED) is 0.157. The molecule has 0 bridgehead atoms. The zero-order valence-corrected chi connectivity index (χ0v) is 52.1. The van der Waals surface area contributed by atoms with Crippen LogP contribution in [0.15, 0.2) is 170 Å². The minimum Gasteiger partial charge on any atom is -0.355 e. The predicted octanol–water partition coefficient (Wildman–Crippen LogP) is 20.3. The molecule has 12 aromatic rings. The highest BCUT2D eigenvalue weighted by molar-refractivity contribution is 7.29. The first kappa shape index (κ1) is 52.9. The van der Waals surface area contributed by atoms with Gasteiger partial charge in [-0.25, -0.2) is 0 Å². The molecule has 4 heterocycles. The first-order chi connectivity index (χ1) is 38.9. The number of nitrogens with one attached hydrogen (secondary N) is 1. The van der Waals surface area contributed by atoms with Gasteiger partial charge in [-0.05, 0) is 160 Å². The molecule has 0 radical (unpaired) electrons. The van der Waals surface area contributed by atoms with Crippen LogP contribution in [-0.2, 0) is 33.5 Å². The molecule has 2 nitrogen and oxygen atoms in total. The number of hydrogen-bond acceptors (Lipinski definition) is 3. The zero-order valence-electron chi connectivity index (χ0n) is 50.4. The average Bonchev–Trinajstić information content (AvgIpc) is 1.96. The standard InChI is InChI=1S/C77H75BN2S2/c1-73(2,3)47-24-20-45(21-25-47)56(46-22-26-48(27-23-46)74(4,5)6)37-44-19-33-52-57-40-58(64(43-63(57)77(13,14)62(52)38-44)79-51-31-28-49(29-32-51)75(7,8)9)54-34-35-55-59-42-68-60(53-17-15-16-18-66(53)81-68)41-65(59)80-70(55)69(54)78-72-71(80)61-39-50(76(10,11)12)30-36-67(61)82-72/h15-36,38-43,56,78-79H,37H2,1-14H3. The Balaban J connectivity index is 0.957. The molecule has 0 amide bonds. The van der Waals surface area contributed by atoms with Gasteiger partial charge in [-0.15, -0.1) is 22.7 Å². The summed E-state index contributed by atoms with van der Waals surface area (Å²) < 4.78 is 8.15. The van der Waals surface area contributed by atoms with Crippen LogP contribution in [-0.4, -0.2) is 11.8 Å². The number of hydrogen-bond donors (Lipinski definition) is 1. The summed E-state index contributed by atoms with van der Waals surface area (Å²) in [6, 6.07) is 66.8. The molecule has 0 atom stereocenters. The van der Waals surface area contributed by atoms with Gasteiger partial charge in [0.25, 0.3) is 0 Å². The molecule has 2 aliphatic rings. The molecular formula is C77H75BN2S2. The van der Waals surface area contributed by atoms with Crippen LogP contribution in [0, 0.1) is 0 Å². The van der Waals surface area contributed by atoms with Gasteiger partial charge in [-0.3, -0.25) is 0 Å². The van der Waals surface area contributed by atoms with E-state index in [0.29, 0.717) is 0 Å². The first-order valence-electron chi connectivity index (χ1n) is 29.8. The molecule has 9 aromatic carbocycles. The van der Waals surface area contributed by atoms with Crippen molar-refractivity contribution in [3.8, 4) is 27.9 Å². The SMILES string of the molecule is CC(C)(C)c1ccc(Nc2cc3c(cc2-c2ccc4c5cc6sc7ccccc7c6cc5n5c4c2Bc2sc4ccc(C(C)(C)C)cc4c2-5)-c2ccc(CC(c4ccc(C(C)(C)C)cc4)c4ccc(C(C)(C)C)cc4)cc2C3(C)C)cc1. The molecule has 1 aliphatic carbocycles. The lowest BCUT2D eigenvalue weighted by Gasteiger charge is -2.26. The van der Waals surface area contributed by atoms with E-state index in [-0.39, 0.29) is 33.0 Å². The summed E-state index contributed by atoms with van der Waals surface area (Å²) in [7, 11) is 0.862. The van der Waals surface area contributed by atoms with E-state index in [9.17, 15) is 0 Å². The lowest BCUT2D eigenvalue weighted by molar-refractivity contribution is 0.589. The Morgan fingerprint density at radius 2 is 1.05 bits per heavy atom. The van der Waals surface area contributed by atoms with Crippen molar-refractivity contribution in [1.29, 1.82) is 0 Å². The summed E-state index contributed by atoms with van der Waals surface area (Å²) >= 11 is 3.90. The fourth-order valence-corrected chi connectivity index (χ4v) is 16.1. The third-order valence-corrected chi connectivity index (χ3v) is 21.0. The van der Waals surface area contributed by atoms with E-state index in [2.05, 4.69) is 277 Å². The van der Waals surface area contributed by atoms with Crippen LogP contribution in [0.1, 0.15) is 153 Å². The maximum absolute atomic E-state index is 4.10. The Labute approximate surface area is 494 Å². The second kappa shape index (κ2) is 18.4. The zero-order chi connectivity index (χ0) is 57.2. The molecule has 14 rings (SSSR count). The smallest absolute Gasteiger partial charge is 0.211 e. The summed E-state index contributed by atoms with van der Waals surface area (Å²) in [5.41, 5.74) is 25.1. The highest BCUT2D eigenvalue weighted by Crippen LogP contribution is 2.53. The first-order valence-corrected chi connectivity index (χ1v) is 31.4. The number of thiophene rings is 2. The average molecular weight is 1100 g/mol. The Morgan fingerprint density at radius 3 is 1.70 bits per heavy atom. The Morgan fingerprint density at radius 1 is 0.463 bits per heavy atom. The lowest BCUT2D eigenvalue weighted by atomic mass is 9.63. The third-order valence-electron chi connectivity index (χ3n) is 18.7. The fraction of sp³-hybridized carbons (Fsp3) is 0.273. The van der Waals surface area contributed by atoms with Gasteiger partial charge in [-0.2, -0.15) is 0 Å². The van der Waals surface area contributed by atoms with Crippen molar-refractivity contribution in [2.24, 2.45) is 0 Å². The van der Waals surface area contributed by atoms with Crippen molar-refractivity contribution in [2.45, 2.75) is 136 Å². The molecule has 82 heavy (non-hydrogen) atoms. The highest BCUT2D eigenvalue weighted by atomic mass is 32.1. The number of rotatable bonds is 7. The molecule has 0 saturated carbocycles. The van der Waals surface area contributed by atoms with Gasteiger partial charge in [0, 0.05) is 74.8 Å². The van der Waals surface area contributed by atoms with E-state index in [1.165, 1.54) is 140 Å². The van der Waals surface area contributed by atoms with Gasteiger partial charge in [-0.1, -0.05) is 212 Å². The van der Waals surface area contributed by atoms with Crippen LogP contribution in [0.3, 0.4) is 0 Å². The van der Waals surface area contributed by atoms with Crippen LogP contribution in [0.5, 0.6) is 0 Å². The minimum absolute atomic E-state index is 0.0254. The monoisotopic (exact) mass is 1100 g/mol. The molecule has 0 saturated heterocycles. The summed E-state index contributed by atoms with van der Waals surface area (Å²) in [4.78, 5) is 0. The maximum atomic E-state index is 4.10. The molecule has 3 aromatic heterocycles. The highest BCUT2D eigenvalue weighted by Gasteiger charge is 2.38. The van der Waals surface area contributed by atoms with Crippen molar-refractivity contribution in [1.82, 2.24) is 4.57 Å². The van der Waals surface area contributed by atoms with E-state index in [1.807, 2.05) is 22.7 Å². The predicted molar refractivity (Wildman–Crippen MR) is 361 cm³/mol. The molecule has 1 N–H and O–H groups in total. The van der Waals surface area contributed by atoms with Gasteiger partial charge in [0.15, 0.2) is 0 Å². The topological polar surface area (TPSA) is 17.0 Å². The number of nitrogens with zero attached hydrogens (tertiary/aromatic N) is 1. The van der Waals surface area contributed by atoms with Gasteiger partial charge in [0.05, 0.1) is 11.2 Å². The van der Waals surface area contributed by atoms with Gasteiger partial charge in [0.1, 0.15) is 0 Å². The van der Waals surface area contributed by atoms with E-state index in [4.69, 9.17) is 0 Å². The minimum atomic E-state index is -0.247. The summed E-state index contributed by atoms with van der Waals surface area (Å²) in [6.07, 6.45) is 0.912. The Kier molecular flexibility index (Phi) is 11.9. The van der Waals surface area contributed by atoms with Crippen LogP contribution in [0.2, 0.25) is 0 Å². The fourth-order valence-electron chi connectivity index (χ4n) is 13.8. The van der Waals surface area contributed by atoms with Crippen LogP contribution >= 0.6 is 22.7 Å². The second-order valence-corrected chi connectivity index (χ2v) is 30.9. The molecule has 0 spiro atoms. The van der Waals surface area contributed by atoms with Gasteiger partial charge >= 0.3 is 0 Å². The Hall–Kier alpha value is -7.18. The molecule has 0 fully saturated rings. The van der Waals surface area contributed by atoms with E-state index < -0.39 is 0 Å². The number of aromatic nitrogens is 1. The number of anilines is 2. The van der Waals surface area contributed by atoms with E-state index in [1.54, 1.807) is 0 Å². The molecule has 0 unspecified atom stereocenters. The second-order valence-electron chi connectivity index (χ2n) is 28.7. The molecule has 408 valence electrons.